The van der Waals surface area contributed by atoms with Gasteiger partial charge >= 0.3 is 12.1 Å². The molecule has 1 aliphatic carbocycles. The molecule has 114 valence electrons. The van der Waals surface area contributed by atoms with Gasteiger partial charge in [-0.1, -0.05) is 0 Å². The maximum atomic E-state index is 11.8. The number of hydrogen-bond donors (Lipinski definition) is 1. The summed E-state index contributed by atoms with van der Waals surface area (Å²) < 4.78 is 9.86. The average Bonchev–Trinajstić information content (AvgIpc) is 2.36. The van der Waals surface area contributed by atoms with Crippen LogP contribution in [0.4, 0.5) is 4.79 Å². The number of alkyl carbamates (subject to hydrolysis) is 1. The van der Waals surface area contributed by atoms with E-state index < -0.39 is 17.2 Å². The summed E-state index contributed by atoms with van der Waals surface area (Å²) in [5, 5.41) is 2.63. The van der Waals surface area contributed by atoms with Crippen LogP contribution >= 0.6 is 0 Å². The molecule has 1 fully saturated rings. The molecule has 0 aromatic heterocycles. The van der Waals surface area contributed by atoms with Crippen molar-refractivity contribution in [1.29, 1.82) is 0 Å². The summed E-state index contributed by atoms with van der Waals surface area (Å²) in [6.07, 6.45) is 1.99. The Morgan fingerprint density at radius 3 is 2.20 bits per heavy atom. The van der Waals surface area contributed by atoms with E-state index in [4.69, 9.17) is 9.47 Å². The number of methoxy groups -OCH3 is 1. The summed E-state index contributed by atoms with van der Waals surface area (Å²) in [5.74, 6) is -0.463. The quantitative estimate of drug-likeness (QED) is 0.631. The minimum Gasteiger partial charge on any atom is -0.469 e. The van der Waals surface area contributed by atoms with E-state index in [1.54, 1.807) is 20.8 Å². The van der Waals surface area contributed by atoms with Crippen molar-refractivity contribution in [2.75, 3.05) is 7.11 Å². The van der Waals surface area contributed by atoms with E-state index >= 15 is 0 Å². The van der Waals surface area contributed by atoms with Gasteiger partial charge in [-0.25, -0.2) is 4.79 Å². The Hall–Kier alpha value is -1.59. The van der Waals surface area contributed by atoms with E-state index in [2.05, 4.69) is 5.32 Å². The third kappa shape index (κ3) is 4.51. The highest BCUT2D eigenvalue weighted by Crippen LogP contribution is 2.31. The highest BCUT2D eigenvalue weighted by atomic mass is 16.6. The molecule has 20 heavy (non-hydrogen) atoms. The Bertz CT molecular complexity index is 378. The first kappa shape index (κ1) is 16.5. The van der Waals surface area contributed by atoms with Crippen molar-refractivity contribution < 1.29 is 23.9 Å². The fraction of sp³-hybridized carbons (Fsp3) is 0.786. The maximum Gasteiger partial charge on any atom is 0.408 e. The van der Waals surface area contributed by atoms with Crippen LogP contribution in [0.1, 0.15) is 46.5 Å². The smallest absolute Gasteiger partial charge is 0.408 e. The second-order valence-electron chi connectivity index (χ2n) is 6.20. The van der Waals surface area contributed by atoms with Gasteiger partial charge in [0.2, 0.25) is 0 Å². The molecule has 0 bridgehead atoms. The third-order valence-corrected chi connectivity index (χ3v) is 3.39. The molecule has 0 spiro atoms. The zero-order chi connectivity index (χ0) is 15.4. The Balaban J connectivity index is 2.61. The zero-order valence-electron chi connectivity index (χ0n) is 12.5. The Morgan fingerprint density at radius 2 is 1.80 bits per heavy atom. The first-order chi connectivity index (χ1) is 9.21. The second kappa shape index (κ2) is 6.24. The van der Waals surface area contributed by atoms with Crippen molar-refractivity contribution in [2.24, 2.45) is 5.92 Å². The minimum absolute atomic E-state index is 0.200. The van der Waals surface area contributed by atoms with Crippen LogP contribution in [0.5, 0.6) is 0 Å². The van der Waals surface area contributed by atoms with Gasteiger partial charge in [-0.3, -0.25) is 4.79 Å². The molecule has 1 N–H and O–H groups in total. The lowest BCUT2D eigenvalue weighted by Gasteiger charge is -2.36. The number of ether oxygens (including phenoxy) is 2. The molecule has 0 atom stereocenters. The highest BCUT2D eigenvalue weighted by Gasteiger charge is 2.39. The molecule has 0 radical (unpaired) electrons. The van der Waals surface area contributed by atoms with Gasteiger partial charge in [-0.2, -0.15) is 0 Å². The third-order valence-electron chi connectivity index (χ3n) is 3.39. The minimum atomic E-state index is -0.938. The molecule has 0 aromatic carbocycles. The molecule has 0 unspecified atom stereocenters. The first-order valence-electron chi connectivity index (χ1n) is 6.77. The van der Waals surface area contributed by atoms with Crippen molar-refractivity contribution in [3.63, 3.8) is 0 Å². The number of esters is 1. The molecule has 1 aliphatic rings. The average molecular weight is 285 g/mol. The Morgan fingerprint density at radius 1 is 1.25 bits per heavy atom. The predicted octanol–water partition coefficient (Wildman–Crippen LogP) is 1.81. The van der Waals surface area contributed by atoms with Crippen LogP contribution in [0.3, 0.4) is 0 Å². The predicted molar refractivity (Wildman–Crippen MR) is 72.1 cm³/mol. The van der Waals surface area contributed by atoms with Gasteiger partial charge in [0.05, 0.1) is 18.6 Å². The lowest BCUT2D eigenvalue weighted by atomic mass is 9.77. The van der Waals surface area contributed by atoms with Gasteiger partial charge in [-0.05, 0) is 46.5 Å². The summed E-state index contributed by atoms with van der Waals surface area (Å²) >= 11 is 0. The summed E-state index contributed by atoms with van der Waals surface area (Å²) in [7, 11) is 1.35. The van der Waals surface area contributed by atoms with Crippen LogP contribution in [0, 0.1) is 5.92 Å². The zero-order valence-corrected chi connectivity index (χ0v) is 12.5. The summed E-state index contributed by atoms with van der Waals surface area (Å²) in [4.78, 5) is 34.6. The number of amides is 1. The SMILES string of the molecule is COC(=O)C1CCC(C=O)(NC(=O)OC(C)(C)C)CC1. The number of hydrogen-bond acceptors (Lipinski definition) is 5. The molecule has 6 nitrogen and oxygen atoms in total. The standard InChI is InChI=1S/C14H23NO5/c1-13(2,3)20-12(18)15-14(9-16)7-5-10(6-8-14)11(17)19-4/h9-10H,5-8H2,1-4H3,(H,15,18). The van der Waals surface area contributed by atoms with Gasteiger partial charge in [0, 0.05) is 0 Å². The van der Waals surface area contributed by atoms with Crippen molar-refractivity contribution in [3.05, 3.63) is 0 Å². The fourth-order valence-corrected chi connectivity index (χ4v) is 2.31. The van der Waals surface area contributed by atoms with Crippen LogP contribution in [0.2, 0.25) is 0 Å². The largest absolute Gasteiger partial charge is 0.469 e. The number of carbonyl (C=O) groups excluding carboxylic acids is 3. The fourth-order valence-electron chi connectivity index (χ4n) is 2.31. The van der Waals surface area contributed by atoms with Crippen LogP contribution in [-0.2, 0) is 19.1 Å². The molecule has 1 rings (SSSR count). The van der Waals surface area contributed by atoms with E-state index in [0.717, 1.165) is 6.29 Å². The van der Waals surface area contributed by atoms with Gasteiger partial charge in [0.25, 0.3) is 0 Å². The van der Waals surface area contributed by atoms with Crippen LogP contribution < -0.4 is 5.32 Å². The van der Waals surface area contributed by atoms with E-state index in [9.17, 15) is 14.4 Å². The van der Waals surface area contributed by atoms with E-state index in [1.165, 1.54) is 7.11 Å². The maximum absolute atomic E-state index is 11.8. The summed E-state index contributed by atoms with van der Waals surface area (Å²) in [6, 6.07) is 0. The van der Waals surface area contributed by atoms with Gasteiger partial charge in [0.15, 0.2) is 0 Å². The van der Waals surface area contributed by atoms with Crippen LogP contribution in [-0.4, -0.2) is 36.6 Å². The monoisotopic (exact) mass is 285 g/mol. The van der Waals surface area contributed by atoms with Gasteiger partial charge in [0.1, 0.15) is 11.9 Å². The molecule has 6 heteroatoms. The van der Waals surface area contributed by atoms with Crippen LogP contribution in [0.25, 0.3) is 0 Å². The lowest BCUT2D eigenvalue weighted by Crippen LogP contribution is -2.53. The Kier molecular flexibility index (Phi) is 5.14. The number of carbonyl (C=O) groups is 3. The molecule has 0 heterocycles. The molecule has 0 aliphatic heterocycles. The van der Waals surface area contributed by atoms with E-state index in [1.807, 2.05) is 0 Å². The molecular weight excluding hydrogens is 262 g/mol. The first-order valence-corrected chi connectivity index (χ1v) is 6.77. The molecule has 0 saturated heterocycles. The number of rotatable bonds is 3. The van der Waals surface area contributed by atoms with Crippen molar-refractivity contribution in [3.8, 4) is 0 Å². The number of aldehydes is 1. The van der Waals surface area contributed by atoms with Crippen molar-refractivity contribution in [1.82, 2.24) is 5.32 Å². The topological polar surface area (TPSA) is 81.7 Å². The van der Waals surface area contributed by atoms with Crippen LogP contribution in [0.15, 0.2) is 0 Å². The van der Waals surface area contributed by atoms with Crippen molar-refractivity contribution >= 4 is 18.3 Å². The van der Waals surface area contributed by atoms with E-state index in [0.29, 0.717) is 25.7 Å². The normalized spacial score (nSPS) is 26.5. The Labute approximate surface area is 119 Å². The lowest BCUT2D eigenvalue weighted by molar-refractivity contribution is -0.147. The molecular formula is C14H23NO5. The summed E-state index contributed by atoms with van der Waals surface area (Å²) in [6.45, 7) is 5.27. The van der Waals surface area contributed by atoms with Crippen molar-refractivity contribution in [2.45, 2.75) is 57.6 Å². The van der Waals surface area contributed by atoms with Gasteiger partial charge in [-0.15, -0.1) is 0 Å². The second-order valence-corrected chi connectivity index (χ2v) is 6.20. The van der Waals surface area contributed by atoms with Gasteiger partial charge < -0.3 is 19.6 Å². The molecule has 1 amide bonds. The molecule has 0 aromatic rings. The number of nitrogens with one attached hydrogen (secondary N) is 1. The molecule has 1 saturated carbocycles. The van der Waals surface area contributed by atoms with E-state index in [-0.39, 0.29) is 11.9 Å². The highest BCUT2D eigenvalue weighted by molar-refractivity contribution is 5.78. The summed E-state index contributed by atoms with van der Waals surface area (Å²) in [5.41, 5.74) is -1.55.